The van der Waals surface area contributed by atoms with E-state index in [1.165, 1.54) is 0 Å². The van der Waals surface area contributed by atoms with Crippen LogP contribution in [0, 0.1) is 6.92 Å². The Labute approximate surface area is 139 Å². The fraction of sp³-hybridized carbons (Fsp3) is 0.375. The number of benzene rings is 1. The fourth-order valence-corrected chi connectivity index (χ4v) is 2.26. The number of carbonyl (C=O) groups excluding carboxylic acids is 1. The van der Waals surface area contributed by atoms with Gasteiger partial charge in [-0.05, 0) is 45.0 Å². The summed E-state index contributed by atoms with van der Waals surface area (Å²) in [5, 5.41) is 16.7. The number of aromatic nitrogens is 3. The largest absolute Gasteiger partial charge is 0.482 e. The summed E-state index contributed by atoms with van der Waals surface area (Å²) in [6.45, 7) is 6.43. The molecule has 1 heterocycles. The number of rotatable bonds is 7. The quantitative estimate of drug-likeness (QED) is 0.825. The summed E-state index contributed by atoms with van der Waals surface area (Å²) in [7, 11) is 0. The Morgan fingerprint density at radius 3 is 2.38 bits per heavy atom. The lowest BCUT2D eigenvalue weighted by Gasteiger charge is -2.17. The van der Waals surface area contributed by atoms with Crippen LogP contribution in [0.25, 0.3) is 5.69 Å². The molecular formula is C16H20N4O4. The number of carboxylic acid groups (broad SMARTS) is 1. The highest BCUT2D eigenvalue weighted by Crippen LogP contribution is 2.18. The molecule has 8 heteroatoms. The van der Waals surface area contributed by atoms with Crippen molar-refractivity contribution in [3.63, 3.8) is 0 Å². The predicted molar refractivity (Wildman–Crippen MR) is 86.5 cm³/mol. The van der Waals surface area contributed by atoms with E-state index < -0.39 is 12.6 Å². The van der Waals surface area contributed by atoms with E-state index in [0.29, 0.717) is 35.9 Å². The van der Waals surface area contributed by atoms with Gasteiger partial charge in [0, 0.05) is 13.1 Å². The van der Waals surface area contributed by atoms with Gasteiger partial charge in [0.1, 0.15) is 5.75 Å². The highest BCUT2D eigenvalue weighted by atomic mass is 16.5. The van der Waals surface area contributed by atoms with Crippen LogP contribution in [0.5, 0.6) is 5.75 Å². The zero-order chi connectivity index (χ0) is 17.7. The van der Waals surface area contributed by atoms with E-state index in [4.69, 9.17) is 9.84 Å². The molecule has 1 aromatic heterocycles. The van der Waals surface area contributed by atoms with Crippen LogP contribution >= 0.6 is 0 Å². The summed E-state index contributed by atoms with van der Waals surface area (Å²) in [5.41, 5.74) is 1.68. The monoisotopic (exact) mass is 332 g/mol. The van der Waals surface area contributed by atoms with Crippen LogP contribution in [0.4, 0.5) is 0 Å². The van der Waals surface area contributed by atoms with Gasteiger partial charge in [-0.25, -0.2) is 9.48 Å². The van der Waals surface area contributed by atoms with Gasteiger partial charge >= 0.3 is 5.97 Å². The minimum atomic E-state index is -1.04. The number of carboxylic acids is 1. The first kappa shape index (κ1) is 17.5. The van der Waals surface area contributed by atoms with Crippen molar-refractivity contribution in [2.75, 3.05) is 19.7 Å². The maximum absolute atomic E-state index is 12.4. The maximum atomic E-state index is 12.4. The summed E-state index contributed by atoms with van der Waals surface area (Å²) in [4.78, 5) is 24.6. The Bertz CT molecular complexity index is 720. The molecule has 24 heavy (non-hydrogen) atoms. The zero-order valence-corrected chi connectivity index (χ0v) is 13.9. The van der Waals surface area contributed by atoms with E-state index in [1.54, 1.807) is 40.8 Å². The second-order valence-corrected chi connectivity index (χ2v) is 5.09. The van der Waals surface area contributed by atoms with Gasteiger partial charge in [-0.2, -0.15) is 0 Å². The molecule has 0 fully saturated rings. The highest BCUT2D eigenvalue weighted by Gasteiger charge is 2.21. The van der Waals surface area contributed by atoms with Crippen LogP contribution < -0.4 is 4.74 Å². The Kier molecular flexibility index (Phi) is 5.51. The van der Waals surface area contributed by atoms with Crippen molar-refractivity contribution in [1.29, 1.82) is 0 Å². The van der Waals surface area contributed by atoms with E-state index in [-0.39, 0.29) is 5.91 Å². The third-order valence-corrected chi connectivity index (χ3v) is 3.59. The van der Waals surface area contributed by atoms with E-state index in [2.05, 4.69) is 10.3 Å². The van der Waals surface area contributed by atoms with Crippen LogP contribution in [0.2, 0.25) is 0 Å². The average molecular weight is 332 g/mol. The van der Waals surface area contributed by atoms with E-state index >= 15 is 0 Å². The molecule has 0 aliphatic heterocycles. The Balaban J connectivity index is 2.21. The first-order valence-electron chi connectivity index (χ1n) is 7.64. The van der Waals surface area contributed by atoms with E-state index in [0.717, 1.165) is 0 Å². The fourth-order valence-electron chi connectivity index (χ4n) is 2.26. The van der Waals surface area contributed by atoms with E-state index in [1.807, 2.05) is 13.8 Å². The molecule has 8 nitrogen and oxygen atoms in total. The molecule has 1 amide bonds. The molecule has 128 valence electrons. The molecule has 0 saturated heterocycles. The standard InChI is InChI=1S/C16H20N4O4/c1-4-19(5-2)16(23)15-11(3)20(18-17-15)12-6-8-13(9-7-12)24-10-14(21)22/h6-9H,4-5,10H2,1-3H3,(H,21,22). The van der Waals surface area contributed by atoms with Crippen molar-refractivity contribution < 1.29 is 19.4 Å². The van der Waals surface area contributed by atoms with Crippen molar-refractivity contribution in [2.24, 2.45) is 0 Å². The number of ether oxygens (including phenoxy) is 1. The Morgan fingerprint density at radius 2 is 1.83 bits per heavy atom. The molecule has 0 aliphatic rings. The number of carbonyl (C=O) groups is 2. The van der Waals surface area contributed by atoms with Crippen LogP contribution in [0.3, 0.4) is 0 Å². The van der Waals surface area contributed by atoms with E-state index in [9.17, 15) is 9.59 Å². The minimum absolute atomic E-state index is 0.148. The number of hydrogen-bond acceptors (Lipinski definition) is 5. The zero-order valence-electron chi connectivity index (χ0n) is 13.9. The predicted octanol–water partition coefficient (Wildman–Crippen LogP) is 1.52. The lowest BCUT2D eigenvalue weighted by atomic mass is 10.2. The topological polar surface area (TPSA) is 97.5 Å². The smallest absolute Gasteiger partial charge is 0.341 e. The average Bonchev–Trinajstić information content (AvgIpc) is 2.96. The summed E-state index contributed by atoms with van der Waals surface area (Å²) in [6.07, 6.45) is 0. The summed E-state index contributed by atoms with van der Waals surface area (Å²) >= 11 is 0. The highest BCUT2D eigenvalue weighted by molar-refractivity contribution is 5.93. The Morgan fingerprint density at radius 1 is 1.21 bits per heavy atom. The molecule has 0 unspecified atom stereocenters. The van der Waals surface area contributed by atoms with Gasteiger partial charge in [-0.3, -0.25) is 4.79 Å². The molecule has 0 aliphatic carbocycles. The maximum Gasteiger partial charge on any atom is 0.341 e. The van der Waals surface area contributed by atoms with Crippen molar-refractivity contribution in [3.8, 4) is 11.4 Å². The normalized spacial score (nSPS) is 10.5. The second-order valence-electron chi connectivity index (χ2n) is 5.09. The molecule has 0 spiro atoms. The first-order chi connectivity index (χ1) is 11.5. The number of amides is 1. The van der Waals surface area contributed by atoms with Crippen LogP contribution in [0.1, 0.15) is 30.0 Å². The van der Waals surface area contributed by atoms with Crippen molar-refractivity contribution >= 4 is 11.9 Å². The lowest BCUT2D eigenvalue weighted by Crippen LogP contribution is -2.31. The van der Waals surface area contributed by atoms with Crippen LogP contribution in [-0.2, 0) is 4.79 Å². The third-order valence-electron chi connectivity index (χ3n) is 3.59. The van der Waals surface area contributed by atoms with Crippen LogP contribution in [0.15, 0.2) is 24.3 Å². The van der Waals surface area contributed by atoms with Gasteiger partial charge in [0.25, 0.3) is 5.91 Å². The molecular weight excluding hydrogens is 312 g/mol. The first-order valence-corrected chi connectivity index (χ1v) is 7.64. The number of nitrogens with zero attached hydrogens (tertiary/aromatic N) is 4. The summed E-state index contributed by atoms with van der Waals surface area (Å²) in [5.74, 6) is -0.741. The Hall–Kier alpha value is -2.90. The van der Waals surface area contributed by atoms with Gasteiger partial charge in [-0.1, -0.05) is 5.21 Å². The molecule has 0 radical (unpaired) electrons. The molecule has 2 rings (SSSR count). The molecule has 0 bridgehead atoms. The van der Waals surface area contributed by atoms with Crippen molar-refractivity contribution in [1.82, 2.24) is 19.9 Å². The molecule has 0 atom stereocenters. The van der Waals surface area contributed by atoms with Crippen LogP contribution in [-0.4, -0.2) is 56.6 Å². The van der Waals surface area contributed by atoms with Crippen molar-refractivity contribution in [2.45, 2.75) is 20.8 Å². The van der Waals surface area contributed by atoms with Gasteiger partial charge < -0.3 is 14.7 Å². The molecule has 2 aromatic rings. The molecule has 1 N–H and O–H groups in total. The molecule has 0 saturated carbocycles. The van der Waals surface area contributed by atoms with Gasteiger partial charge in [0.05, 0.1) is 11.4 Å². The lowest BCUT2D eigenvalue weighted by molar-refractivity contribution is -0.139. The van der Waals surface area contributed by atoms with Gasteiger partial charge in [0.2, 0.25) is 0 Å². The number of hydrogen-bond donors (Lipinski definition) is 1. The second kappa shape index (κ2) is 7.58. The summed E-state index contributed by atoms with van der Waals surface area (Å²) < 4.78 is 6.65. The SMILES string of the molecule is CCN(CC)C(=O)c1nnn(-c2ccc(OCC(=O)O)cc2)c1C. The van der Waals surface area contributed by atoms with Crippen molar-refractivity contribution in [3.05, 3.63) is 35.7 Å². The van der Waals surface area contributed by atoms with Gasteiger partial charge in [0.15, 0.2) is 12.3 Å². The minimum Gasteiger partial charge on any atom is -0.482 e. The number of aliphatic carboxylic acids is 1. The molecule has 1 aromatic carbocycles. The van der Waals surface area contributed by atoms with Gasteiger partial charge in [-0.15, -0.1) is 5.10 Å². The summed E-state index contributed by atoms with van der Waals surface area (Å²) in [6, 6.07) is 6.74. The third kappa shape index (κ3) is 3.70.